The summed E-state index contributed by atoms with van der Waals surface area (Å²) in [5.41, 5.74) is 2.08. The van der Waals surface area contributed by atoms with Gasteiger partial charge in [0.05, 0.1) is 11.1 Å². The number of thiophene rings is 1. The van der Waals surface area contributed by atoms with Gasteiger partial charge in [0.1, 0.15) is 4.83 Å². The highest BCUT2D eigenvalue weighted by Gasteiger charge is 2.23. The Morgan fingerprint density at radius 2 is 2.07 bits per heavy atom. The number of aryl methyl sites for hydroxylation is 2. The molecule has 1 aromatic carbocycles. The third kappa shape index (κ3) is 3.30. The van der Waals surface area contributed by atoms with E-state index >= 15 is 0 Å². The van der Waals surface area contributed by atoms with E-state index in [-0.39, 0.29) is 17.2 Å². The number of anilines is 1. The van der Waals surface area contributed by atoms with Crippen molar-refractivity contribution in [2.45, 2.75) is 31.3 Å². The van der Waals surface area contributed by atoms with Gasteiger partial charge in [-0.1, -0.05) is 30.0 Å². The second kappa shape index (κ2) is 7.48. The number of fused-ring (bicyclic) bond motifs is 3. The van der Waals surface area contributed by atoms with Gasteiger partial charge in [-0.05, 0) is 43.9 Å². The fraction of sp³-hybridized carbons (Fsp3) is 0.350. The first-order chi connectivity index (χ1) is 13.1. The highest BCUT2D eigenvalue weighted by atomic mass is 32.2. The summed E-state index contributed by atoms with van der Waals surface area (Å²) in [6.45, 7) is 2.56. The molecule has 27 heavy (non-hydrogen) atoms. The van der Waals surface area contributed by atoms with Crippen LogP contribution in [0.25, 0.3) is 10.2 Å². The van der Waals surface area contributed by atoms with E-state index < -0.39 is 0 Å². The van der Waals surface area contributed by atoms with Crippen molar-refractivity contribution in [3.05, 3.63) is 51.1 Å². The molecule has 0 radical (unpaired) electrons. The maximum atomic E-state index is 12.8. The quantitative estimate of drug-likeness (QED) is 0.486. The number of thioether (sulfide) groups is 1. The zero-order valence-corrected chi connectivity index (χ0v) is 17.0. The Morgan fingerprint density at radius 1 is 1.30 bits per heavy atom. The molecule has 1 aliphatic carbocycles. The Balaban J connectivity index is 1.58. The fourth-order valence-electron chi connectivity index (χ4n) is 3.55. The molecule has 1 amide bonds. The molecule has 0 atom stereocenters. The van der Waals surface area contributed by atoms with E-state index in [9.17, 15) is 9.59 Å². The predicted octanol–water partition coefficient (Wildman–Crippen LogP) is 3.63. The molecule has 5 nitrogen and oxygen atoms in total. The zero-order chi connectivity index (χ0) is 19.0. The Labute approximate surface area is 166 Å². The zero-order valence-electron chi connectivity index (χ0n) is 15.4. The van der Waals surface area contributed by atoms with Crippen molar-refractivity contribution in [3.8, 4) is 0 Å². The molecule has 7 heteroatoms. The van der Waals surface area contributed by atoms with Crippen LogP contribution in [0.1, 0.15) is 23.8 Å². The lowest BCUT2D eigenvalue weighted by atomic mass is 10.2. The first kappa shape index (κ1) is 18.3. The highest BCUT2D eigenvalue weighted by Crippen LogP contribution is 2.35. The smallest absolute Gasteiger partial charge is 0.262 e. The molecule has 1 aliphatic rings. The van der Waals surface area contributed by atoms with Gasteiger partial charge >= 0.3 is 0 Å². The maximum absolute atomic E-state index is 12.8. The Kier molecular flexibility index (Phi) is 5.06. The van der Waals surface area contributed by atoms with E-state index in [1.165, 1.54) is 22.2 Å². The molecule has 0 saturated heterocycles. The molecule has 0 unspecified atom stereocenters. The lowest BCUT2D eigenvalue weighted by molar-refractivity contribution is -0.116. The van der Waals surface area contributed by atoms with Gasteiger partial charge < -0.3 is 4.90 Å². The second-order valence-corrected chi connectivity index (χ2v) is 8.58. The maximum Gasteiger partial charge on any atom is 0.262 e. The van der Waals surface area contributed by atoms with Crippen LogP contribution in [0.2, 0.25) is 0 Å². The lowest BCUT2D eigenvalue weighted by Crippen LogP contribution is -2.32. The predicted molar refractivity (Wildman–Crippen MR) is 112 cm³/mol. The number of amides is 1. The average Bonchev–Trinajstić information content (AvgIpc) is 3.25. The third-order valence-electron chi connectivity index (χ3n) is 4.92. The summed E-state index contributed by atoms with van der Waals surface area (Å²) in [5, 5.41) is 1.38. The van der Waals surface area contributed by atoms with Crippen LogP contribution in [0.15, 0.2) is 40.3 Å². The van der Waals surface area contributed by atoms with Gasteiger partial charge in [0, 0.05) is 24.2 Å². The number of benzene rings is 1. The van der Waals surface area contributed by atoms with Crippen LogP contribution in [-0.4, -0.2) is 27.8 Å². The molecule has 140 valence electrons. The van der Waals surface area contributed by atoms with E-state index in [2.05, 4.69) is 0 Å². The van der Waals surface area contributed by atoms with Crippen molar-refractivity contribution < 1.29 is 4.79 Å². The molecule has 4 rings (SSSR count). The van der Waals surface area contributed by atoms with Crippen molar-refractivity contribution >= 4 is 44.9 Å². The van der Waals surface area contributed by atoms with E-state index in [4.69, 9.17) is 4.98 Å². The molecule has 2 aromatic heterocycles. The summed E-state index contributed by atoms with van der Waals surface area (Å²) in [7, 11) is 1.75. The number of hydrogen-bond acceptors (Lipinski definition) is 5. The number of rotatable bonds is 5. The van der Waals surface area contributed by atoms with Crippen LogP contribution in [0.4, 0.5) is 5.69 Å². The molecule has 0 N–H and O–H groups in total. The Hall–Kier alpha value is -2.12. The number of hydrogen-bond donors (Lipinski definition) is 0. The monoisotopic (exact) mass is 399 g/mol. The van der Waals surface area contributed by atoms with Crippen LogP contribution in [0, 0.1) is 0 Å². The Bertz CT molecular complexity index is 1060. The largest absolute Gasteiger partial charge is 0.312 e. The first-order valence-corrected chi connectivity index (χ1v) is 10.9. The molecule has 0 spiro atoms. The molecule has 0 bridgehead atoms. The topological polar surface area (TPSA) is 55.2 Å². The minimum absolute atomic E-state index is 0.00440. The number of aromatic nitrogens is 2. The normalized spacial score (nSPS) is 13.1. The summed E-state index contributed by atoms with van der Waals surface area (Å²) >= 11 is 2.96. The summed E-state index contributed by atoms with van der Waals surface area (Å²) in [6.07, 6.45) is 3.14. The number of nitrogens with zero attached hydrogens (tertiary/aromatic N) is 3. The molecular formula is C20H21N3O2S2. The van der Waals surface area contributed by atoms with Crippen molar-refractivity contribution in [1.29, 1.82) is 0 Å². The van der Waals surface area contributed by atoms with Crippen LogP contribution in [-0.2, 0) is 24.7 Å². The highest BCUT2D eigenvalue weighted by molar-refractivity contribution is 7.99. The van der Waals surface area contributed by atoms with Crippen LogP contribution >= 0.6 is 23.1 Å². The van der Waals surface area contributed by atoms with Gasteiger partial charge in [0.2, 0.25) is 5.91 Å². The number of para-hydroxylation sites is 1. The lowest BCUT2D eigenvalue weighted by Gasteiger charge is -2.20. The van der Waals surface area contributed by atoms with Crippen molar-refractivity contribution in [3.63, 3.8) is 0 Å². The first-order valence-electron chi connectivity index (χ1n) is 9.09. The Morgan fingerprint density at radius 3 is 2.81 bits per heavy atom. The molecule has 3 aromatic rings. The molecule has 0 saturated carbocycles. The van der Waals surface area contributed by atoms with Crippen LogP contribution < -0.4 is 10.5 Å². The molecule has 0 fully saturated rings. The summed E-state index contributed by atoms with van der Waals surface area (Å²) in [6, 6.07) is 9.64. The van der Waals surface area contributed by atoms with Crippen molar-refractivity contribution in [1.82, 2.24) is 9.55 Å². The van der Waals surface area contributed by atoms with Crippen LogP contribution in [0.3, 0.4) is 0 Å². The van der Waals surface area contributed by atoms with Gasteiger partial charge in [-0.3, -0.25) is 14.2 Å². The minimum Gasteiger partial charge on any atom is -0.312 e. The summed E-state index contributed by atoms with van der Waals surface area (Å²) < 4.78 is 1.59. The van der Waals surface area contributed by atoms with E-state index in [0.29, 0.717) is 11.7 Å². The molecular weight excluding hydrogens is 378 g/mol. The van der Waals surface area contributed by atoms with Gasteiger partial charge in [-0.2, -0.15) is 0 Å². The van der Waals surface area contributed by atoms with E-state index in [1.807, 2.05) is 37.3 Å². The number of carbonyl (C=O) groups is 1. The van der Waals surface area contributed by atoms with Crippen molar-refractivity contribution in [2.24, 2.45) is 7.05 Å². The second-order valence-electron chi connectivity index (χ2n) is 6.56. The molecule has 0 aliphatic heterocycles. The minimum atomic E-state index is 0.00440. The SMILES string of the molecule is CCN(C(=O)CSc1nc2sc3c(c2c(=O)n1C)CCC3)c1ccccc1. The average molecular weight is 400 g/mol. The van der Waals surface area contributed by atoms with Gasteiger partial charge in [-0.15, -0.1) is 11.3 Å². The third-order valence-corrected chi connectivity index (χ3v) is 7.12. The summed E-state index contributed by atoms with van der Waals surface area (Å²) in [4.78, 5) is 34.1. The number of carbonyl (C=O) groups excluding carboxylic acids is 1. The standard InChI is InChI=1S/C20H21N3O2S2/c1-3-23(13-8-5-4-6-9-13)16(24)12-26-20-21-18-17(19(25)22(20)2)14-10-7-11-15(14)27-18/h4-6,8-9H,3,7,10-12H2,1-2H3. The van der Waals surface area contributed by atoms with Gasteiger partial charge in [0.25, 0.3) is 5.56 Å². The molecule has 2 heterocycles. The van der Waals surface area contributed by atoms with Crippen molar-refractivity contribution in [2.75, 3.05) is 17.2 Å². The van der Waals surface area contributed by atoms with Crippen LogP contribution in [0.5, 0.6) is 0 Å². The van der Waals surface area contributed by atoms with Gasteiger partial charge in [0.15, 0.2) is 5.16 Å². The van der Waals surface area contributed by atoms with E-state index in [0.717, 1.165) is 35.2 Å². The van der Waals surface area contributed by atoms with E-state index in [1.54, 1.807) is 27.9 Å². The fourth-order valence-corrected chi connectivity index (χ4v) is 5.70. The van der Waals surface area contributed by atoms with Gasteiger partial charge in [-0.25, -0.2) is 4.98 Å². The summed E-state index contributed by atoms with van der Waals surface area (Å²) in [5.74, 6) is 0.260.